The van der Waals surface area contributed by atoms with E-state index in [2.05, 4.69) is 10.3 Å². The lowest BCUT2D eigenvalue weighted by molar-refractivity contribution is -0.116. The third-order valence-electron chi connectivity index (χ3n) is 4.78. The maximum atomic E-state index is 12.2. The Balaban J connectivity index is 1.31. The van der Waals surface area contributed by atoms with Crippen LogP contribution in [0.25, 0.3) is 11.3 Å². The van der Waals surface area contributed by atoms with E-state index in [1.807, 2.05) is 30.3 Å². The van der Waals surface area contributed by atoms with Gasteiger partial charge in [0, 0.05) is 31.1 Å². The minimum atomic E-state index is -0.362. The molecule has 3 amide bonds. The van der Waals surface area contributed by atoms with E-state index < -0.39 is 0 Å². The molecule has 0 atom stereocenters. The molecule has 1 aliphatic rings. The Labute approximate surface area is 167 Å². The third-order valence-corrected chi connectivity index (χ3v) is 4.78. The number of hydrogen-bond donors (Lipinski definition) is 1. The van der Waals surface area contributed by atoms with Crippen molar-refractivity contribution in [2.45, 2.75) is 19.3 Å². The Bertz CT molecular complexity index is 1090. The molecule has 7 heteroatoms. The normalized spacial score (nSPS) is 12.9. The van der Waals surface area contributed by atoms with Crippen LogP contribution in [-0.4, -0.2) is 34.7 Å². The number of fused-ring (bicyclic) bond motifs is 1. The summed E-state index contributed by atoms with van der Waals surface area (Å²) in [6.07, 6.45) is 3.09. The number of aromatic nitrogens is 1. The van der Waals surface area contributed by atoms with Gasteiger partial charge in [-0.2, -0.15) is 0 Å². The second-order valence-corrected chi connectivity index (χ2v) is 6.82. The summed E-state index contributed by atoms with van der Waals surface area (Å²) in [5.41, 5.74) is 2.11. The highest BCUT2D eigenvalue weighted by molar-refractivity contribution is 6.21. The highest BCUT2D eigenvalue weighted by Gasteiger charge is 2.32. The summed E-state index contributed by atoms with van der Waals surface area (Å²) in [6, 6.07) is 14.4. The number of benzene rings is 2. The van der Waals surface area contributed by atoms with Crippen LogP contribution >= 0.6 is 0 Å². The average Bonchev–Trinajstić information content (AvgIpc) is 3.28. The summed E-state index contributed by atoms with van der Waals surface area (Å²) in [5.74, 6) is 0.418. The summed E-state index contributed by atoms with van der Waals surface area (Å²) < 4.78 is 5.74. The van der Waals surface area contributed by atoms with Gasteiger partial charge in [-0.05, 0) is 24.6 Å². The van der Waals surface area contributed by atoms with Gasteiger partial charge in [-0.15, -0.1) is 0 Å². The van der Waals surface area contributed by atoms with E-state index in [1.165, 1.54) is 13.1 Å². The predicted molar refractivity (Wildman–Crippen MR) is 106 cm³/mol. The van der Waals surface area contributed by atoms with E-state index in [0.29, 0.717) is 41.3 Å². The largest absolute Gasteiger partial charge is 0.441 e. The number of carbonyl (C=O) groups excluding carboxylic acids is 3. The molecule has 0 saturated carbocycles. The van der Waals surface area contributed by atoms with Gasteiger partial charge in [0.2, 0.25) is 5.91 Å². The topological polar surface area (TPSA) is 92.5 Å². The SMILES string of the molecule is CN1C(=O)c2ccc(NC(=O)CCCc3ncc(-c4ccccc4)o3)cc2C1=O. The highest BCUT2D eigenvalue weighted by Crippen LogP contribution is 2.25. The number of oxazole rings is 1. The van der Waals surface area contributed by atoms with E-state index in [1.54, 1.807) is 18.3 Å². The number of nitrogens with zero attached hydrogens (tertiary/aromatic N) is 2. The van der Waals surface area contributed by atoms with Gasteiger partial charge in [0.05, 0.1) is 17.3 Å². The molecular weight excluding hydrogens is 370 g/mol. The van der Waals surface area contributed by atoms with Crippen molar-refractivity contribution in [2.24, 2.45) is 0 Å². The molecule has 1 aromatic heterocycles. The first-order chi connectivity index (χ1) is 14.0. The summed E-state index contributed by atoms with van der Waals surface area (Å²) in [7, 11) is 1.44. The molecule has 0 bridgehead atoms. The first kappa shape index (κ1) is 18.6. The smallest absolute Gasteiger partial charge is 0.261 e. The monoisotopic (exact) mass is 389 g/mol. The zero-order chi connectivity index (χ0) is 20.4. The zero-order valence-electron chi connectivity index (χ0n) is 15.8. The lowest BCUT2D eigenvalue weighted by Crippen LogP contribution is -2.24. The van der Waals surface area contributed by atoms with Gasteiger partial charge in [-0.25, -0.2) is 4.98 Å². The molecular formula is C22H19N3O4. The van der Waals surface area contributed by atoms with Crippen LogP contribution in [0.4, 0.5) is 5.69 Å². The van der Waals surface area contributed by atoms with Crippen molar-refractivity contribution >= 4 is 23.4 Å². The summed E-state index contributed by atoms with van der Waals surface area (Å²) in [5, 5.41) is 2.77. The fraction of sp³-hybridized carbons (Fsp3) is 0.182. The second-order valence-electron chi connectivity index (χ2n) is 6.82. The molecule has 2 heterocycles. The van der Waals surface area contributed by atoms with E-state index in [0.717, 1.165) is 10.5 Å². The van der Waals surface area contributed by atoms with Crippen molar-refractivity contribution in [2.75, 3.05) is 12.4 Å². The van der Waals surface area contributed by atoms with Gasteiger partial charge in [-0.3, -0.25) is 19.3 Å². The molecule has 2 aromatic carbocycles. The Kier molecular flexibility index (Phi) is 4.95. The minimum absolute atomic E-state index is 0.176. The molecule has 29 heavy (non-hydrogen) atoms. The van der Waals surface area contributed by atoms with Gasteiger partial charge < -0.3 is 9.73 Å². The summed E-state index contributed by atoms with van der Waals surface area (Å²) in [6.45, 7) is 0. The Hall–Kier alpha value is -3.74. The van der Waals surface area contributed by atoms with E-state index in [9.17, 15) is 14.4 Å². The molecule has 0 spiro atoms. The van der Waals surface area contributed by atoms with E-state index in [4.69, 9.17) is 4.42 Å². The van der Waals surface area contributed by atoms with Crippen molar-refractivity contribution in [1.29, 1.82) is 0 Å². The van der Waals surface area contributed by atoms with Crippen LogP contribution in [0.1, 0.15) is 39.4 Å². The number of aryl methyl sites for hydroxylation is 1. The molecule has 1 aliphatic heterocycles. The molecule has 3 aromatic rings. The third kappa shape index (κ3) is 3.80. The van der Waals surface area contributed by atoms with E-state index in [-0.39, 0.29) is 24.1 Å². The molecule has 0 saturated heterocycles. The molecule has 146 valence electrons. The lowest BCUT2D eigenvalue weighted by atomic mass is 10.1. The van der Waals surface area contributed by atoms with Crippen LogP contribution in [0.5, 0.6) is 0 Å². The van der Waals surface area contributed by atoms with Crippen LogP contribution in [-0.2, 0) is 11.2 Å². The Morgan fingerprint density at radius 3 is 2.62 bits per heavy atom. The number of hydrogen-bond acceptors (Lipinski definition) is 5. The summed E-state index contributed by atoms with van der Waals surface area (Å²) in [4.78, 5) is 41.5. The van der Waals surface area contributed by atoms with Crippen LogP contribution in [0.3, 0.4) is 0 Å². The molecule has 0 unspecified atom stereocenters. The fourth-order valence-electron chi connectivity index (χ4n) is 3.22. The maximum Gasteiger partial charge on any atom is 0.261 e. The van der Waals surface area contributed by atoms with Crippen molar-refractivity contribution in [3.63, 3.8) is 0 Å². The van der Waals surface area contributed by atoms with Crippen molar-refractivity contribution in [3.05, 3.63) is 71.7 Å². The van der Waals surface area contributed by atoms with Crippen LogP contribution < -0.4 is 5.32 Å². The predicted octanol–water partition coefficient (Wildman–Crippen LogP) is 3.53. The van der Waals surface area contributed by atoms with Crippen molar-refractivity contribution in [1.82, 2.24) is 9.88 Å². The van der Waals surface area contributed by atoms with Crippen LogP contribution in [0.2, 0.25) is 0 Å². The molecule has 1 N–H and O–H groups in total. The molecule has 0 fully saturated rings. The standard InChI is InChI=1S/C22H19N3O4/c1-25-21(27)16-11-10-15(12-17(16)22(25)28)24-19(26)8-5-9-20-23-13-18(29-20)14-6-3-2-4-7-14/h2-4,6-7,10-13H,5,8-9H2,1H3,(H,24,26). The quantitative estimate of drug-likeness (QED) is 0.651. The van der Waals surface area contributed by atoms with Gasteiger partial charge in [0.1, 0.15) is 0 Å². The minimum Gasteiger partial charge on any atom is -0.441 e. The van der Waals surface area contributed by atoms with Crippen LogP contribution in [0, 0.1) is 0 Å². The van der Waals surface area contributed by atoms with Gasteiger partial charge >= 0.3 is 0 Å². The molecule has 4 rings (SSSR count). The van der Waals surface area contributed by atoms with Gasteiger partial charge in [0.25, 0.3) is 11.8 Å². The number of amides is 3. The Morgan fingerprint density at radius 1 is 1.07 bits per heavy atom. The van der Waals surface area contributed by atoms with Gasteiger partial charge in [0.15, 0.2) is 11.7 Å². The lowest BCUT2D eigenvalue weighted by Gasteiger charge is -2.06. The van der Waals surface area contributed by atoms with Crippen molar-refractivity contribution < 1.29 is 18.8 Å². The second kappa shape index (κ2) is 7.71. The summed E-state index contributed by atoms with van der Waals surface area (Å²) >= 11 is 0. The Morgan fingerprint density at radius 2 is 1.83 bits per heavy atom. The molecule has 0 aliphatic carbocycles. The number of rotatable bonds is 6. The first-order valence-corrected chi connectivity index (χ1v) is 9.29. The van der Waals surface area contributed by atoms with Gasteiger partial charge in [-0.1, -0.05) is 30.3 Å². The maximum absolute atomic E-state index is 12.2. The highest BCUT2D eigenvalue weighted by atomic mass is 16.4. The first-order valence-electron chi connectivity index (χ1n) is 9.29. The van der Waals surface area contributed by atoms with E-state index >= 15 is 0 Å². The number of anilines is 1. The number of imide groups is 1. The number of carbonyl (C=O) groups is 3. The molecule has 7 nitrogen and oxygen atoms in total. The fourth-order valence-corrected chi connectivity index (χ4v) is 3.22. The molecule has 0 radical (unpaired) electrons. The number of nitrogens with one attached hydrogen (secondary N) is 1. The average molecular weight is 389 g/mol. The van der Waals surface area contributed by atoms with Crippen LogP contribution in [0.15, 0.2) is 59.1 Å². The zero-order valence-corrected chi connectivity index (χ0v) is 15.8. The van der Waals surface area contributed by atoms with Crippen molar-refractivity contribution in [3.8, 4) is 11.3 Å².